The first-order valence-electron chi connectivity index (χ1n) is 10.2. The minimum Gasteiger partial charge on any atom is -0.476 e. The van der Waals surface area contributed by atoms with Crippen LogP contribution in [0.25, 0.3) is 11.0 Å². The lowest BCUT2D eigenvalue weighted by Gasteiger charge is -2.37. The summed E-state index contributed by atoms with van der Waals surface area (Å²) >= 11 is 0. The van der Waals surface area contributed by atoms with Gasteiger partial charge in [-0.05, 0) is 56.4 Å². The van der Waals surface area contributed by atoms with Crippen LogP contribution >= 0.6 is 0 Å². The summed E-state index contributed by atoms with van der Waals surface area (Å²) in [5.41, 5.74) is 4.41. The van der Waals surface area contributed by atoms with E-state index in [-0.39, 0.29) is 10.6 Å². The summed E-state index contributed by atoms with van der Waals surface area (Å²) in [6.07, 6.45) is 3.87. The second-order valence-corrected chi connectivity index (χ2v) is 9.99. The molecule has 1 aromatic heterocycles. The number of hydrogen-bond acceptors (Lipinski definition) is 6. The van der Waals surface area contributed by atoms with Gasteiger partial charge in [-0.2, -0.15) is 0 Å². The third-order valence-electron chi connectivity index (χ3n) is 5.94. The number of hydrogen-bond donors (Lipinski definition) is 0. The summed E-state index contributed by atoms with van der Waals surface area (Å²) in [5.74, 6) is -0.272. The highest BCUT2D eigenvalue weighted by molar-refractivity contribution is 7.91. The number of sulfone groups is 1. The molecule has 156 valence electrons. The van der Waals surface area contributed by atoms with Crippen LogP contribution in [0.5, 0.6) is 5.75 Å². The Bertz CT molecular complexity index is 1290. The lowest BCUT2D eigenvalue weighted by Crippen LogP contribution is -2.34. The van der Waals surface area contributed by atoms with Crippen molar-refractivity contribution in [2.75, 3.05) is 23.9 Å². The van der Waals surface area contributed by atoms with Gasteiger partial charge in [-0.3, -0.25) is 0 Å². The van der Waals surface area contributed by atoms with E-state index in [2.05, 4.69) is 4.90 Å². The Labute approximate surface area is 175 Å². The van der Waals surface area contributed by atoms with Crippen molar-refractivity contribution in [1.82, 2.24) is 0 Å². The van der Waals surface area contributed by atoms with Gasteiger partial charge in [0.25, 0.3) is 0 Å². The Morgan fingerprint density at radius 2 is 1.80 bits per heavy atom. The van der Waals surface area contributed by atoms with E-state index in [1.807, 2.05) is 13.0 Å². The molecule has 0 unspecified atom stereocenters. The van der Waals surface area contributed by atoms with Gasteiger partial charge in [0.2, 0.25) is 9.84 Å². The van der Waals surface area contributed by atoms with E-state index in [0.717, 1.165) is 49.9 Å². The quantitative estimate of drug-likeness (QED) is 0.595. The van der Waals surface area contributed by atoms with Crippen molar-refractivity contribution in [2.24, 2.45) is 0 Å². The summed E-state index contributed by atoms with van der Waals surface area (Å²) in [6, 6.07) is 9.89. The fourth-order valence-corrected chi connectivity index (χ4v) is 5.49. The van der Waals surface area contributed by atoms with Crippen LogP contribution in [0.4, 0.5) is 5.69 Å². The average molecular weight is 426 g/mol. The number of anilines is 1. The first-order valence-corrected chi connectivity index (χ1v) is 11.9. The SMILES string of the molecule is Cc1ccc(S(=O)(=O)COc2cc(=O)oc3c4c5c(cc23)CCCN5CCC4)cc1. The maximum absolute atomic E-state index is 12.7. The molecule has 0 amide bonds. The molecule has 2 aliphatic rings. The van der Waals surface area contributed by atoms with Gasteiger partial charge in [0, 0.05) is 24.3 Å². The van der Waals surface area contributed by atoms with Crippen molar-refractivity contribution >= 4 is 26.5 Å². The first kappa shape index (κ1) is 19.2. The third-order valence-corrected chi connectivity index (χ3v) is 7.36. The summed E-state index contributed by atoms with van der Waals surface area (Å²) in [4.78, 5) is 14.8. The second-order valence-electron chi connectivity index (χ2n) is 8.05. The highest BCUT2D eigenvalue weighted by Gasteiger charge is 2.28. The second kappa shape index (κ2) is 7.16. The van der Waals surface area contributed by atoms with Crippen LogP contribution in [0.1, 0.15) is 29.5 Å². The van der Waals surface area contributed by atoms with E-state index in [9.17, 15) is 13.2 Å². The molecule has 0 aliphatic carbocycles. The minimum absolute atomic E-state index is 0.198. The van der Waals surface area contributed by atoms with E-state index >= 15 is 0 Å². The van der Waals surface area contributed by atoms with Crippen LogP contribution in [0.3, 0.4) is 0 Å². The van der Waals surface area contributed by atoms with Crippen LogP contribution in [0.2, 0.25) is 0 Å². The first-order chi connectivity index (χ1) is 14.4. The van der Waals surface area contributed by atoms with Gasteiger partial charge in [0.05, 0.1) is 16.3 Å². The smallest absolute Gasteiger partial charge is 0.339 e. The van der Waals surface area contributed by atoms with Crippen molar-refractivity contribution in [3.8, 4) is 5.75 Å². The number of ether oxygens (including phenoxy) is 1. The maximum Gasteiger partial charge on any atom is 0.339 e. The molecular formula is C23H23NO5S. The van der Waals surface area contributed by atoms with Crippen molar-refractivity contribution in [3.63, 3.8) is 0 Å². The zero-order valence-electron chi connectivity index (χ0n) is 16.8. The molecule has 0 fully saturated rings. The molecule has 3 heterocycles. The molecule has 0 spiro atoms. The predicted octanol–water partition coefficient (Wildman–Crippen LogP) is 3.61. The van der Waals surface area contributed by atoms with Gasteiger partial charge < -0.3 is 14.1 Å². The summed E-state index contributed by atoms with van der Waals surface area (Å²) in [7, 11) is -3.65. The van der Waals surface area contributed by atoms with Crippen LogP contribution in [-0.4, -0.2) is 27.4 Å². The molecule has 0 bridgehead atoms. The standard InChI is InChI=1S/C23H23NO5S/c1-15-6-8-17(9-7-15)30(26,27)14-28-20-13-21(25)29-23-18-5-3-11-24-10-2-4-16(22(18)24)12-19(20)23/h6-9,12-13H,2-5,10-11,14H2,1H3. The Hall–Kier alpha value is -2.80. The summed E-state index contributed by atoms with van der Waals surface area (Å²) < 4.78 is 36.7. The fraction of sp³-hybridized carbons (Fsp3) is 0.348. The van der Waals surface area contributed by atoms with E-state index in [1.165, 1.54) is 17.3 Å². The van der Waals surface area contributed by atoms with Gasteiger partial charge >= 0.3 is 5.63 Å². The molecule has 0 N–H and O–H groups in total. The van der Waals surface area contributed by atoms with Gasteiger partial charge in [-0.1, -0.05) is 17.7 Å². The maximum atomic E-state index is 12.7. The highest BCUT2D eigenvalue weighted by Crippen LogP contribution is 2.41. The van der Waals surface area contributed by atoms with E-state index in [0.29, 0.717) is 11.0 Å². The van der Waals surface area contributed by atoms with Crippen LogP contribution in [-0.2, 0) is 22.7 Å². The monoisotopic (exact) mass is 425 g/mol. The number of rotatable bonds is 4. The zero-order chi connectivity index (χ0) is 20.9. The third kappa shape index (κ3) is 3.27. The molecule has 3 aromatic rings. The summed E-state index contributed by atoms with van der Waals surface area (Å²) in [5, 5.41) is 0.672. The largest absolute Gasteiger partial charge is 0.476 e. The molecule has 30 heavy (non-hydrogen) atoms. The number of aryl methyl sites for hydroxylation is 3. The van der Waals surface area contributed by atoms with Crippen LogP contribution in [0.15, 0.2) is 50.5 Å². The average Bonchev–Trinajstić information content (AvgIpc) is 2.73. The van der Waals surface area contributed by atoms with E-state index < -0.39 is 21.4 Å². The van der Waals surface area contributed by atoms with Crippen molar-refractivity contribution in [1.29, 1.82) is 0 Å². The molecule has 6 nitrogen and oxygen atoms in total. The Kier molecular flexibility index (Phi) is 4.58. The Morgan fingerprint density at radius 1 is 1.07 bits per heavy atom. The van der Waals surface area contributed by atoms with Crippen LogP contribution < -0.4 is 15.3 Å². The molecule has 0 saturated carbocycles. The Balaban J connectivity index is 1.57. The van der Waals surface area contributed by atoms with Crippen molar-refractivity contribution in [3.05, 3.63) is 63.5 Å². The Morgan fingerprint density at radius 3 is 2.57 bits per heavy atom. The van der Waals surface area contributed by atoms with Gasteiger partial charge in [0.15, 0.2) is 5.94 Å². The molecule has 5 rings (SSSR count). The molecule has 0 saturated heterocycles. The molecule has 7 heteroatoms. The highest BCUT2D eigenvalue weighted by atomic mass is 32.2. The molecule has 0 radical (unpaired) electrons. The van der Waals surface area contributed by atoms with Gasteiger partial charge in [0.1, 0.15) is 11.3 Å². The molecule has 0 atom stereocenters. The lowest BCUT2D eigenvalue weighted by molar-refractivity contribution is 0.376. The van der Waals surface area contributed by atoms with E-state index in [4.69, 9.17) is 9.15 Å². The van der Waals surface area contributed by atoms with E-state index in [1.54, 1.807) is 24.3 Å². The van der Waals surface area contributed by atoms with Crippen LogP contribution in [0, 0.1) is 6.92 Å². The lowest BCUT2D eigenvalue weighted by atomic mass is 9.90. The topological polar surface area (TPSA) is 76.8 Å². The predicted molar refractivity (Wildman–Crippen MR) is 115 cm³/mol. The number of nitrogens with zero attached hydrogens (tertiary/aromatic N) is 1. The summed E-state index contributed by atoms with van der Waals surface area (Å²) in [6.45, 7) is 3.93. The minimum atomic E-state index is -3.65. The van der Waals surface area contributed by atoms with Crippen molar-refractivity contribution in [2.45, 2.75) is 37.5 Å². The fourth-order valence-electron chi connectivity index (χ4n) is 4.52. The number of fused-ring (bicyclic) bond motifs is 2. The van der Waals surface area contributed by atoms with Gasteiger partial charge in [-0.25, -0.2) is 13.2 Å². The normalized spacial score (nSPS) is 15.8. The molecule has 2 aromatic carbocycles. The molecule has 2 aliphatic heterocycles. The van der Waals surface area contributed by atoms with Crippen molar-refractivity contribution < 1.29 is 17.6 Å². The van der Waals surface area contributed by atoms with Gasteiger partial charge in [-0.15, -0.1) is 0 Å². The molecular weight excluding hydrogens is 402 g/mol. The zero-order valence-corrected chi connectivity index (χ0v) is 17.6. The number of benzene rings is 2.